The number of rotatable bonds is 48. The fraction of sp³-hybridized carbons (Fsp3) is 0.586. The van der Waals surface area contributed by atoms with Crippen LogP contribution in [0.4, 0.5) is 0 Å². The largest absolute Gasteiger partial charge is 0.497 e. The van der Waals surface area contributed by atoms with E-state index in [-0.39, 0.29) is 118 Å². The maximum Gasteiger partial charge on any atom is 0.305 e. The van der Waals surface area contributed by atoms with Crippen molar-refractivity contribution < 1.29 is 101 Å². The van der Waals surface area contributed by atoms with Crippen molar-refractivity contribution in [2.75, 3.05) is 54.1 Å². The van der Waals surface area contributed by atoms with Crippen LogP contribution < -0.4 is 73.5 Å². The zero-order chi connectivity index (χ0) is 91.5. The minimum Gasteiger partial charge on any atom is -0.497 e. The number of unbranched alkanes of at least 4 members (excludes halogenated alkanes) is 1. The van der Waals surface area contributed by atoms with Gasteiger partial charge in [0.15, 0.2) is 28.7 Å². The number of likely N-dealkylation sites (tertiary alicyclic amines) is 3. The maximum absolute atomic E-state index is 15.0. The van der Waals surface area contributed by atoms with Crippen LogP contribution in [-0.2, 0) is 80.0 Å². The van der Waals surface area contributed by atoms with E-state index in [0.29, 0.717) is 89.5 Å². The highest BCUT2D eigenvalue weighted by Gasteiger charge is 2.46. The molecular weight excluding hydrogens is 1630 g/mol. The van der Waals surface area contributed by atoms with Gasteiger partial charge >= 0.3 is 5.97 Å². The van der Waals surface area contributed by atoms with E-state index in [1.807, 2.05) is 27.7 Å². The number of ether oxygens (including phenoxy) is 3. The Balaban J connectivity index is 1.01. The number of carboxylic acid groups (broad SMARTS) is 1. The molecule has 0 bridgehead atoms. The number of amidine groups is 1. The fourth-order valence-corrected chi connectivity index (χ4v) is 15.7. The quantitative estimate of drug-likeness (QED) is 0.0171. The van der Waals surface area contributed by atoms with E-state index >= 15 is 4.79 Å². The van der Waals surface area contributed by atoms with Gasteiger partial charge in [0.25, 0.3) is 5.91 Å². The zero-order valence-electron chi connectivity index (χ0n) is 73.0. The molecule has 0 saturated carbocycles. The molecule has 15 N–H and O–H groups in total. The lowest BCUT2D eigenvalue weighted by molar-refractivity contribution is -0.144. The summed E-state index contributed by atoms with van der Waals surface area (Å²) in [5, 5.41) is 46.7. The third-order valence-electron chi connectivity index (χ3n) is 22.2. The number of carbonyl (C=O) groups is 15. The van der Waals surface area contributed by atoms with E-state index in [1.165, 1.54) is 45.0 Å². The van der Waals surface area contributed by atoms with E-state index in [0.717, 1.165) is 4.90 Å². The van der Waals surface area contributed by atoms with Crippen LogP contribution in [0.5, 0.6) is 17.2 Å². The molecule has 0 radical (unpaired) electrons. The van der Waals surface area contributed by atoms with E-state index in [4.69, 9.17) is 41.7 Å². The van der Waals surface area contributed by atoms with Crippen LogP contribution in [0.2, 0.25) is 5.02 Å². The number of nitrogens with two attached hydrogens (primary N) is 2. The number of aliphatic carboxylic acids is 1. The van der Waals surface area contributed by atoms with Crippen molar-refractivity contribution in [2.45, 2.75) is 257 Å². The van der Waals surface area contributed by atoms with Crippen molar-refractivity contribution in [3.05, 3.63) is 88.1 Å². The topological polar surface area (TPSA) is 520 Å². The third-order valence-corrected chi connectivity index (χ3v) is 22.5. The smallest absolute Gasteiger partial charge is 0.305 e. The number of aliphatic hydroxyl groups excluding tert-OH is 1. The number of furan rings is 1. The number of hydrogen-bond donors (Lipinski definition) is 13. The first kappa shape index (κ1) is 99.8. The van der Waals surface area contributed by atoms with Crippen LogP contribution in [0, 0.1) is 24.7 Å². The Bertz CT molecular complexity index is 4480. The minimum absolute atomic E-state index is 0.0195. The van der Waals surface area contributed by atoms with Gasteiger partial charge < -0.3 is 103 Å². The average Bonchev–Trinajstić information content (AvgIpc) is 1.67. The number of carboxylic acids is 1. The normalized spacial score (nSPS) is 18.0. The molecule has 36 nitrogen and oxygen atoms in total. The molecule has 0 aliphatic carbocycles. The Morgan fingerprint density at radius 2 is 1.20 bits per heavy atom. The molecule has 2 unspecified atom stereocenters. The van der Waals surface area contributed by atoms with Crippen molar-refractivity contribution >= 4 is 117 Å². The van der Waals surface area contributed by atoms with E-state index < -0.39 is 181 Å². The predicted molar refractivity (Wildman–Crippen MR) is 459 cm³/mol. The summed E-state index contributed by atoms with van der Waals surface area (Å²) >= 11 is 6.27. The second-order valence-corrected chi connectivity index (χ2v) is 33.6. The average molecular weight is 1750 g/mol. The molecule has 3 aromatic carbocycles. The van der Waals surface area contributed by atoms with Crippen molar-refractivity contribution in [1.29, 1.82) is 0 Å². The van der Waals surface area contributed by atoms with Crippen LogP contribution in [0.15, 0.2) is 70.1 Å². The van der Waals surface area contributed by atoms with Gasteiger partial charge in [-0.3, -0.25) is 76.9 Å². The summed E-state index contributed by atoms with van der Waals surface area (Å²) in [5.74, 6) is -12.2. The molecule has 3 aliphatic heterocycles. The first-order valence-corrected chi connectivity index (χ1v) is 42.7. The van der Waals surface area contributed by atoms with Gasteiger partial charge in [-0.25, -0.2) is 0 Å². The Kier molecular flexibility index (Phi) is 38.3. The maximum atomic E-state index is 15.0. The standard InChI is InChI=1S/C87H124ClN15O21/c1-46(2)39-62(98-84(117)74-49(7)59-31-33-70(122-12)76(123-13)75(59)124-74)80(113)94-50(8)78(111)99-64(41-54-25-29-58(121-11)30-26-54)86(119)102-38-18-22-66(102)82(115)97-63(44-72(108)109)81(114)95-51(9)79(112)100-73(47(3)4)87(120)103-45-57(104)43-67(103)83(116)96-61(40-53-23-27-56(88)28-24-53)69(106)42-55(19-16-36-91-52(10)89)85(118)101-37-17-21-65(101)68(105)32-34-71(107)92-35-15-14-20-60(77(90)110)93-48(5)6/h23-31,33,46-48,50-51,55,57,60-67,73,93,104H,14-22,32,34-45H2,1-13H3,(H2,89,91)(H2,90,110)(H,92,107)(H,94,113)(H,95,114)(H,96,116)(H,97,115)(H,98,117)(H,99,111)(H,100,112)(H,108,109)/t50-,51-,55+,57+,60?,61-,62-,63-,64-,65-,66?,67-,73-/m0/s1. The minimum atomic E-state index is -1.87. The van der Waals surface area contributed by atoms with E-state index in [2.05, 4.69) is 52.8 Å². The number of primary amides is 1. The molecule has 4 aromatic rings. The molecule has 3 saturated heterocycles. The van der Waals surface area contributed by atoms with Gasteiger partial charge in [0, 0.05) is 92.8 Å². The molecule has 37 heteroatoms. The first-order chi connectivity index (χ1) is 58.7. The highest BCUT2D eigenvalue weighted by atomic mass is 35.5. The van der Waals surface area contributed by atoms with Crippen molar-refractivity contribution in [1.82, 2.24) is 62.6 Å². The number of Topliss-reactive ketones (excluding diaryl/α,β-unsaturated/α-hetero) is 2. The Labute approximate surface area is 727 Å². The number of aryl methyl sites for hydroxylation is 1. The number of aliphatic imine (C=N–C) groups is 1. The number of β-amino-alcohol motifs (C(OH)–C–C–N with tert-alkyl or cyclic N) is 1. The van der Waals surface area contributed by atoms with Crippen molar-refractivity contribution in [3.8, 4) is 17.2 Å². The summed E-state index contributed by atoms with van der Waals surface area (Å²) in [6.07, 6.45) is -0.395. The molecule has 680 valence electrons. The number of carbonyl (C=O) groups excluding carboxylic acids is 14. The number of nitrogens with one attached hydrogen (secondary N) is 9. The Hall–Kier alpha value is -11.3. The highest BCUT2D eigenvalue weighted by Crippen LogP contribution is 2.40. The molecule has 124 heavy (non-hydrogen) atoms. The van der Waals surface area contributed by atoms with Crippen LogP contribution in [0.25, 0.3) is 11.0 Å². The summed E-state index contributed by atoms with van der Waals surface area (Å²) in [5.41, 5.74) is 13.2. The van der Waals surface area contributed by atoms with Gasteiger partial charge in [-0.15, -0.1) is 0 Å². The van der Waals surface area contributed by atoms with Gasteiger partial charge in [-0.05, 0) is 158 Å². The molecule has 1 aromatic heterocycles. The number of halogens is 1. The van der Waals surface area contributed by atoms with Crippen LogP contribution in [0.1, 0.15) is 186 Å². The van der Waals surface area contributed by atoms with Crippen LogP contribution in [-0.4, -0.2) is 252 Å². The van der Waals surface area contributed by atoms with Crippen LogP contribution >= 0.6 is 11.6 Å². The molecule has 4 heterocycles. The Morgan fingerprint density at radius 1 is 0.605 bits per heavy atom. The van der Waals surface area contributed by atoms with Gasteiger partial charge in [0.1, 0.15) is 54.1 Å². The number of hydrogen-bond acceptors (Lipinski definition) is 22. The number of ketones is 2. The zero-order valence-corrected chi connectivity index (χ0v) is 73.8. The second kappa shape index (κ2) is 47.6. The van der Waals surface area contributed by atoms with Gasteiger partial charge in [-0.1, -0.05) is 77.4 Å². The molecule has 7 rings (SSSR count). The van der Waals surface area contributed by atoms with Crippen molar-refractivity contribution in [3.63, 3.8) is 0 Å². The summed E-state index contributed by atoms with van der Waals surface area (Å²) in [7, 11) is 4.34. The van der Waals surface area contributed by atoms with Gasteiger partial charge in [0.05, 0.1) is 57.8 Å². The molecule has 3 fully saturated rings. The third kappa shape index (κ3) is 28.6. The summed E-state index contributed by atoms with van der Waals surface area (Å²) in [6.45, 7) is 16.8. The number of benzene rings is 3. The van der Waals surface area contributed by atoms with E-state index in [9.17, 15) is 77.3 Å². The lowest BCUT2D eigenvalue weighted by Crippen LogP contribution is -2.60. The summed E-state index contributed by atoms with van der Waals surface area (Å²) < 4.78 is 22.3. The number of amides is 12. The molecule has 3 aliphatic rings. The molecule has 12 amide bonds. The monoisotopic (exact) mass is 1750 g/mol. The highest BCUT2D eigenvalue weighted by molar-refractivity contribution is 6.30. The fourth-order valence-electron chi connectivity index (χ4n) is 15.6. The number of fused-ring (bicyclic) bond motifs is 1. The molecule has 13 atom stereocenters. The van der Waals surface area contributed by atoms with Crippen molar-refractivity contribution in [2.24, 2.45) is 34.2 Å². The number of methoxy groups -OCH3 is 3. The van der Waals surface area contributed by atoms with Gasteiger partial charge in [-0.2, -0.15) is 0 Å². The second-order valence-electron chi connectivity index (χ2n) is 33.1. The molecular formula is C87H124ClN15O21. The Morgan fingerprint density at radius 3 is 1.79 bits per heavy atom. The first-order valence-electron chi connectivity index (χ1n) is 42.3. The van der Waals surface area contributed by atoms with Crippen LogP contribution in [0.3, 0.4) is 0 Å². The predicted octanol–water partition coefficient (Wildman–Crippen LogP) is 3.29. The number of nitrogens with zero attached hydrogens (tertiary/aromatic N) is 4. The number of aliphatic hydroxyl groups is 1. The summed E-state index contributed by atoms with van der Waals surface area (Å²) in [6, 6.07) is 2.12. The van der Waals surface area contributed by atoms with E-state index in [1.54, 1.807) is 88.4 Å². The van der Waals surface area contributed by atoms with Gasteiger partial charge in [0.2, 0.25) is 70.7 Å². The summed E-state index contributed by atoms with van der Waals surface area (Å²) in [4.78, 5) is 219. The lowest BCUT2D eigenvalue weighted by Gasteiger charge is -2.32. The lowest BCUT2D eigenvalue weighted by atomic mass is 9.90. The SMILES string of the molecule is COc1ccc(C[C@H](NC(=O)[C@H](C)NC(=O)[C@H](CC(C)C)NC(=O)c2oc3c(OC)c(OC)ccc3c2C)C(=O)N2CCCC2C(=O)N[C@@H](CC(=O)O)C(=O)N[C@@H](C)C(=O)N[C@H](C(=O)N2C[C@H](O)C[C@H]2C(=O)N[C@@H](Cc2ccc(Cl)cc2)C(=O)C[C@@H](CCCN=C(C)N)C(=O)N2CCC[C@H]2C(=O)CCC(=O)NCCCCC(NC(C)C)C(N)=O)C(C)C)cc1. The molecule has 0 spiro atoms.